The Bertz CT molecular complexity index is 985. The fraction of sp³-hybridized carbons (Fsp3) is 0.897. The Balaban J connectivity index is 1.18. The summed E-state index contributed by atoms with van der Waals surface area (Å²) >= 11 is 0. The van der Waals surface area contributed by atoms with Gasteiger partial charge in [0, 0.05) is 18.1 Å². The van der Waals surface area contributed by atoms with Crippen molar-refractivity contribution < 1.29 is 49.6 Å². The van der Waals surface area contributed by atoms with Crippen molar-refractivity contribution in [3.8, 4) is 0 Å². The third kappa shape index (κ3) is 4.08. The van der Waals surface area contributed by atoms with Gasteiger partial charge >= 0.3 is 5.97 Å². The highest BCUT2D eigenvalue weighted by molar-refractivity contribution is 5.85. The number of hydrogen-bond acceptors (Lipinski definition) is 10. The van der Waals surface area contributed by atoms with Gasteiger partial charge in [0.2, 0.25) is 0 Å². The topological polar surface area (TPSA) is 166 Å². The molecule has 0 aromatic rings. The predicted octanol–water partition coefficient (Wildman–Crippen LogP) is 0.401. The van der Waals surface area contributed by atoms with Gasteiger partial charge in [-0.05, 0) is 92.4 Å². The highest BCUT2D eigenvalue weighted by Gasteiger charge is 2.68. The number of rotatable bonds is 5. The number of cyclic esters (lactones) is 1. The average Bonchev–Trinajstić information content (AvgIpc) is 3.48. The molecule has 6 N–H and O–H groups in total. The van der Waals surface area contributed by atoms with Crippen molar-refractivity contribution in [2.45, 2.75) is 107 Å². The molecule has 220 valence electrons. The zero-order valence-electron chi connectivity index (χ0n) is 22.7. The smallest absolute Gasteiger partial charge is 0.331 e. The Hall–Kier alpha value is -1.11. The second kappa shape index (κ2) is 10.0. The lowest BCUT2D eigenvalue weighted by Crippen LogP contribution is -2.64. The maximum Gasteiger partial charge on any atom is 0.331 e. The van der Waals surface area contributed by atoms with Gasteiger partial charge in [-0.25, -0.2) is 4.79 Å². The van der Waals surface area contributed by atoms with E-state index in [0.717, 1.165) is 44.1 Å². The van der Waals surface area contributed by atoms with E-state index in [-0.39, 0.29) is 53.2 Å². The summed E-state index contributed by atoms with van der Waals surface area (Å²) in [5.41, 5.74) is -0.502. The van der Waals surface area contributed by atoms with Gasteiger partial charge in [0.05, 0.1) is 18.3 Å². The molecular formula is C29H44O10. The summed E-state index contributed by atoms with van der Waals surface area (Å²) in [6, 6.07) is 0. The van der Waals surface area contributed by atoms with E-state index in [1.807, 2.05) is 0 Å². The molecule has 0 unspecified atom stereocenters. The Morgan fingerprint density at radius 1 is 0.974 bits per heavy atom. The Morgan fingerprint density at radius 2 is 1.77 bits per heavy atom. The molecule has 6 aliphatic rings. The molecule has 13 atom stereocenters. The first-order valence-corrected chi connectivity index (χ1v) is 14.7. The van der Waals surface area contributed by atoms with Crippen molar-refractivity contribution in [2.75, 3.05) is 19.8 Å². The zero-order chi connectivity index (χ0) is 27.7. The molecule has 5 fully saturated rings. The van der Waals surface area contributed by atoms with Crippen molar-refractivity contribution in [3.05, 3.63) is 11.6 Å². The number of carbonyl (C=O) groups excluding carboxylic acids is 1. The first-order chi connectivity index (χ1) is 18.6. The van der Waals surface area contributed by atoms with Crippen LogP contribution in [0.25, 0.3) is 0 Å². The second-order valence-electron chi connectivity index (χ2n) is 13.4. The first-order valence-electron chi connectivity index (χ1n) is 14.7. The number of esters is 1. The lowest BCUT2D eigenvalue weighted by atomic mass is 9.43. The van der Waals surface area contributed by atoms with Crippen LogP contribution in [0.5, 0.6) is 0 Å². The SMILES string of the molecule is C[C@]12CC[C@@H]3[C@@H](CC[C@H]4C[C@@H](O[C@@H]5O[C@H](CO)[C@@H](O)[C@H](O)[C@@H]5O)CC[C@@]43CO)[C@@]1(O)CC[C@@H]2C1=CC(=O)OC1. The van der Waals surface area contributed by atoms with Crippen molar-refractivity contribution in [1.29, 1.82) is 0 Å². The van der Waals surface area contributed by atoms with E-state index >= 15 is 0 Å². The lowest BCUT2D eigenvalue weighted by Gasteiger charge is -2.64. The summed E-state index contributed by atoms with van der Waals surface area (Å²) in [6.07, 6.45) is 1.88. The third-order valence-electron chi connectivity index (χ3n) is 12.1. The van der Waals surface area contributed by atoms with E-state index in [4.69, 9.17) is 14.2 Å². The van der Waals surface area contributed by atoms with Crippen LogP contribution in [-0.2, 0) is 19.0 Å². The van der Waals surface area contributed by atoms with E-state index in [2.05, 4.69) is 6.92 Å². The molecule has 0 bridgehead atoms. The molecule has 2 heterocycles. The van der Waals surface area contributed by atoms with Gasteiger partial charge < -0.3 is 44.8 Å². The van der Waals surface area contributed by atoms with Crippen LogP contribution in [0.3, 0.4) is 0 Å². The molecule has 0 aromatic carbocycles. The number of carbonyl (C=O) groups is 1. The van der Waals surface area contributed by atoms with E-state index in [0.29, 0.717) is 25.9 Å². The standard InChI is InChI=1S/C29H44O10/c1-27-7-5-19-20(29(27,36)9-6-18(27)15-10-22(32)37-13-15)3-2-16-11-17(4-8-28(16,19)14-31)38-26-25(35)24(34)23(33)21(12-30)39-26/h10,16-21,23-26,30-31,33-36H,2-9,11-14H2,1H3/t16-,17-,18+,19+,20+,21+,23+,24-,25-,26+,27+,28+,29-/m0/s1. The molecule has 4 saturated carbocycles. The van der Waals surface area contributed by atoms with Gasteiger partial charge in [-0.2, -0.15) is 0 Å². The fourth-order valence-corrected chi connectivity index (χ4v) is 9.97. The van der Waals surface area contributed by atoms with Crippen LogP contribution in [0.1, 0.15) is 64.7 Å². The van der Waals surface area contributed by atoms with Crippen molar-refractivity contribution >= 4 is 5.97 Å². The van der Waals surface area contributed by atoms with Crippen LogP contribution in [0.4, 0.5) is 0 Å². The minimum absolute atomic E-state index is 0.0509. The number of ether oxygens (including phenoxy) is 3. The van der Waals surface area contributed by atoms with Gasteiger partial charge in [-0.1, -0.05) is 6.92 Å². The molecule has 6 rings (SSSR count). The maximum absolute atomic E-state index is 12.4. The van der Waals surface area contributed by atoms with Gasteiger partial charge in [0.15, 0.2) is 6.29 Å². The average molecular weight is 553 g/mol. The van der Waals surface area contributed by atoms with E-state index < -0.39 is 42.9 Å². The highest BCUT2D eigenvalue weighted by atomic mass is 16.7. The third-order valence-corrected chi connectivity index (χ3v) is 12.1. The first kappa shape index (κ1) is 28.0. The van der Waals surface area contributed by atoms with Crippen LogP contribution >= 0.6 is 0 Å². The lowest BCUT2D eigenvalue weighted by molar-refractivity contribution is -0.317. The molecule has 4 aliphatic carbocycles. The Kier molecular flexibility index (Phi) is 7.20. The van der Waals surface area contributed by atoms with E-state index in [9.17, 15) is 35.4 Å². The summed E-state index contributed by atoms with van der Waals surface area (Å²) in [5.74, 6) is 0.273. The molecule has 39 heavy (non-hydrogen) atoms. The van der Waals surface area contributed by atoms with E-state index in [1.54, 1.807) is 6.08 Å². The second-order valence-corrected chi connectivity index (χ2v) is 13.4. The monoisotopic (exact) mass is 552 g/mol. The van der Waals surface area contributed by atoms with Gasteiger partial charge in [0.25, 0.3) is 0 Å². The van der Waals surface area contributed by atoms with Gasteiger partial charge in [-0.15, -0.1) is 0 Å². The van der Waals surface area contributed by atoms with Crippen LogP contribution in [0, 0.1) is 34.5 Å². The minimum atomic E-state index is -1.48. The molecule has 0 radical (unpaired) electrons. The largest absolute Gasteiger partial charge is 0.458 e. The summed E-state index contributed by atoms with van der Waals surface area (Å²) in [6.45, 7) is 2.06. The van der Waals surface area contributed by atoms with Crippen LogP contribution in [-0.4, -0.2) is 98.8 Å². The number of aliphatic hydroxyl groups excluding tert-OH is 5. The van der Waals surface area contributed by atoms with Crippen molar-refractivity contribution in [1.82, 2.24) is 0 Å². The molecule has 0 spiro atoms. The molecule has 10 nitrogen and oxygen atoms in total. The van der Waals surface area contributed by atoms with Gasteiger partial charge in [0.1, 0.15) is 31.0 Å². The maximum atomic E-state index is 12.4. The molecule has 10 heteroatoms. The highest BCUT2D eigenvalue weighted by Crippen LogP contribution is 2.70. The Morgan fingerprint density at radius 3 is 2.46 bits per heavy atom. The zero-order valence-corrected chi connectivity index (χ0v) is 22.7. The molecule has 0 aromatic heterocycles. The summed E-state index contributed by atoms with van der Waals surface area (Å²) in [4.78, 5) is 11.8. The van der Waals surface area contributed by atoms with Crippen LogP contribution in [0.2, 0.25) is 0 Å². The molecular weight excluding hydrogens is 508 g/mol. The molecule has 1 saturated heterocycles. The predicted molar refractivity (Wildman–Crippen MR) is 136 cm³/mol. The minimum Gasteiger partial charge on any atom is -0.458 e. The number of aliphatic hydroxyl groups is 6. The van der Waals surface area contributed by atoms with Crippen molar-refractivity contribution in [3.63, 3.8) is 0 Å². The van der Waals surface area contributed by atoms with E-state index in [1.165, 1.54) is 0 Å². The number of hydrogen-bond donors (Lipinski definition) is 6. The summed E-state index contributed by atoms with van der Waals surface area (Å²) < 4.78 is 16.9. The molecule has 2 aliphatic heterocycles. The quantitative estimate of drug-likeness (QED) is 0.208. The molecule has 0 amide bonds. The fourth-order valence-electron chi connectivity index (χ4n) is 9.97. The van der Waals surface area contributed by atoms with Crippen LogP contribution < -0.4 is 0 Å². The van der Waals surface area contributed by atoms with Crippen molar-refractivity contribution in [2.24, 2.45) is 34.5 Å². The Labute approximate surface area is 229 Å². The van der Waals surface area contributed by atoms with Crippen LogP contribution in [0.15, 0.2) is 11.6 Å². The summed E-state index contributed by atoms with van der Waals surface area (Å²) in [7, 11) is 0. The normalized spacial score (nSPS) is 53.4. The van der Waals surface area contributed by atoms with Gasteiger partial charge in [-0.3, -0.25) is 0 Å². The summed E-state index contributed by atoms with van der Waals surface area (Å²) in [5, 5.41) is 63.5. The number of fused-ring (bicyclic) bond motifs is 5.